The minimum absolute atomic E-state index is 0.00155. The Morgan fingerprint density at radius 1 is 0.530 bits per heavy atom. The van der Waals surface area contributed by atoms with E-state index in [0.717, 1.165) is 22.3 Å². The van der Waals surface area contributed by atoms with Crippen LogP contribution in [0.1, 0.15) is 108 Å². The molecule has 0 aliphatic rings. The number of aryl methyl sites for hydroxylation is 1. The molecule has 0 aliphatic heterocycles. The number of nitrogens with zero attached hydrogens (tertiary/aromatic N) is 3. The van der Waals surface area contributed by atoms with E-state index in [0.29, 0.717) is 61.5 Å². The fourth-order valence-corrected chi connectivity index (χ4v) is 8.47. The highest BCUT2D eigenvalue weighted by Crippen LogP contribution is 2.45. The van der Waals surface area contributed by atoms with Crippen LogP contribution in [0.2, 0.25) is 0 Å². The second kappa shape index (κ2) is 16.7. The molecule has 0 bridgehead atoms. The molecule has 330 valence electrons. The van der Waals surface area contributed by atoms with Gasteiger partial charge in [0.05, 0.1) is 37.6 Å². The first-order chi connectivity index (χ1) is 36.7. The first-order valence-corrected chi connectivity index (χ1v) is 22.1. The molecule has 9 rings (SSSR count). The third-order valence-corrected chi connectivity index (χ3v) is 12.1. The van der Waals surface area contributed by atoms with Gasteiger partial charge in [0.25, 0.3) is 0 Å². The molecule has 9 aromatic rings. The Kier molecular flexibility index (Phi) is 7.86. The van der Waals surface area contributed by atoms with Gasteiger partial charge in [0.15, 0.2) is 0 Å². The Bertz CT molecular complexity index is 3870. The molecular weight excluding hydrogens is 803 g/mol. The van der Waals surface area contributed by atoms with Gasteiger partial charge >= 0.3 is 0 Å². The van der Waals surface area contributed by atoms with E-state index in [1.165, 1.54) is 0 Å². The maximum Gasteiger partial charge on any atom is 0.149 e. The number of fused-ring (bicyclic) bond motifs is 1. The lowest BCUT2D eigenvalue weighted by Gasteiger charge is -2.23. The summed E-state index contributed by atoms with van der Waals surface area (Å²) in [5.41, 5.74) is 5.82. The lowest BCUT2D eigenvalue weighted by molar-refractivity contribution is 0.448. The molecule has 0 amide bonds. The van der Waals surface area contributed by atoms with Crippen molar-refractivity contribution in [1.29, 1.82) is 0 Å². The zero-order chi connectivity index (χ0) is 57.8. The van der Waals surface area contributed by atoms with Gasteiger partial charge in [-0.3, -0.25) is 9.55 Å². The Morgan fingerprint density at radius 2 is 1.21 bits per heavy atom. The predicted molar refractivity (Wildman–Crippen MR) is 279 cm³/mol. The number of imidazole rings is 1. The number of benzene rings is 7. The molecule has 66 heavy (non-hydrogen) atoms. The summed E-state index contributed by atoms with van der Waals surface area (Å²) in [6.07, 6.45) is -0.609. The molecule has 0 spiro atoms. The third-order valence-electron chi connectivity index (χ3n) is 12.1. The number of phenols is 1. The van der Waals surface area contributed by atoms with E-state index in [-0.39, 0.29) is 22.4 Å². The Labute approximate surface area is 410 Å². The highest BCUT2D eigenvalue weighted by molar-refractivity contribution is 5.98. The fraction of sp³-hybridized carbons (Fsp3) is 0.226. The molecular formula is C62H61N3O. The molecule has 0 aliphatic carbocycles. The highest BCUT2D eigenvalue weighted by Gasteiger charge is 2.27. The van der Waals surface area contributed by atoms with E-state index in [1.54, 1.807) is 18.2 Å². The normalized spacial score (nSPS) is 15.4. The summed E-state index contributed by atoms with van der Waals surface area (Å²) in [4.78, 5) is 9.90. The summed E-state index contributed by atoms with van der Waals surface area (Å²) in [6, 6.07) is 33.7. The van der Waals surface area contributed by atoms with E-state index in [9.17, 15) is 6.48 Å². The van der Waals surface area contributed by atoms with Gasteiger partial charge in [-0.25, -0.2) is 4.98 Å². The number of phenolic OH excluding ortho intramolecular Hbond substituents is 1. The number of aromatic nitrogens is 3. The second-order valence-corrected chi connectivity index (χ2v) is 20.0. The summed E-state index contributed by atoms with van der Waals surface area (Å²) in [5.74, 6) is 0.324. The first kappa shape index (κ1) is 31.0. The average Bonchev–Trinajstić information content (AvgIpc) is 4.06. The summed E-state index contributed by atoms with van der Waals surface area (Å²) >= 11 is 0. The number of para-hydroxylation sites is 2. The van der Waals surface area contributed by atoms with Crippen molar-refractivity contribution in [1.82, 2.24) is 14.5 Å². The molecule has 0 radical (unpaired) electrons. The Morgan fingerprint density at radius 3 is 1.89 bits per heavy atom. The van der Waals surface area contributed by atoms with Gasteiger partial charge < -0.3 is 5.11 Å². The van der Waals surface area contributed by atoms with Crippen molar-refractivity contribution in [3.05, 3.63) is 192 Å². The second-order valence-electron chi connectivity index (χ2n) is 20.0. The van der Waals surface area contributed by atoms with Crippen molar-refractivity contribution >= 4 is 11.0 Å². The van der Waals surface area contributed by atoms with E-state index in [2.05, 4.69) is 25.8 Å². The van der Waals surface area contributed by atoms with Crippen LogP contribution in [-0.2, 0) is 16.2 Å². The molecule has 0 saturated heterocycles. The lowest BCUT2D eigenvalue weighted by atomic mass is 9.83. The van der Waals surface area contributed by atoms with Crippen LogP contribution in [0, 0.1) is 13.7 Å². The van der Waals surface area contributed by atoms with Gasteiger partial charge in [-0.05, 0) is 134 Å². The summed E-state index contributed by atoms with van der Waals surface area (Å²) in [7, 11) is 0. The van der Waals surface area contributed by atoms with E-state index in [4.69, 9.17) is 21.4 Å². The minimum atomic E-state index is -3.00. The van der Waals surface area contributed by atoms with Gasteiger partial charge in [-0.2, -0.15) is 0 Å². The molecule has 0 unspecified atom stereocenters. The molecule has 4 nitrogen and oxygen atoms in total. The topological polar surface area (TPSA) is 50.9 Å². The molecule has 0 saturated carbocycles. The van der Waals surface area contributed by atoms with Crippen molar-refractivity contribution in [3.8, 4) is 78.6 Å². The van der Waals surface area contributed by atoms with Crippen LogP contribution < -0.4 is 0 Å². The van der Waals surface area contributed by atoms with Gasteiger partial charge in [-0.15, -0.1) is 0 Å². The van der Waals surface area contributed by atoms with E-state index >= 15 is 0 Å². The molecule has 7 aromatic carbocycles. The van der Waals surface area contributed by atoms with Crippen LogP contribution in [0.4, 0.5) is 0 Å². The van der Waals surface area contributed by atoms with Gasteiger partial charge in [-0.1, -0.05) is 177 Å². The first-order valence-electron chi connectivity index (χ1n) is 28.6. The van der Waals surface area contributed by atoms with Crippen molar-refractivity contribution in [2.75, 3.05) is 0 Å². The van der Waals surface area contributed by atoms with Crippen LogP contribution in [0.15, 0.2) is 164 Å². The van der Waals surface area contributed by atoms with Gasteiger partial charge in [0.1, 0.15) is 11.6 Å². The average molecular weight is 877 g/mol. The van der Waals surface area contributed by atoms with Crippen molar-refractivity contribution in [2.24, 2.45) is 0 Å². The number of pyridine rings is 1. The maximum absolute atomic E-state index is 12.4. The SMILES string of the molecule is [2H]c1nc(-c2cc(-c3cccc4c3nc(-c3cccc(C(C)(C)C)c3O)n4-c3cc(C([2H])([2H])[2H])c(-c4ccc(C(C)(C)C)cc4)cc3-c3ccccc3)cc(C(C)(C)C)c2)c([2H])c(-c2c([2H])c([2H])c(C([2H])([2H])[2H])c([2H])c2[2H])c1[2H]. The highest BCUT2D eigenvalue weighted by atomic mass is 16.3. The fourth-order valence-electron chi connectivity index (χ4n) is 8.47. The monoisotopic (exact) mass is 877 g/mol. The van der Waals surface area contributed by atoms with Gasteiger partial charge in [0, 0.05) is 31.1 Å². The van der Waals surface area contributed by atoms with Crippen molar-refractivity contribution in [3.63, 3.8) is 0 Å². The van der Waals surface area contributed by atoms with Crippen LogP contribution in [0.3, 0.4) is 0 Å². The Balaban J connectivity index is 1.37. The summed E-state index contributed by atoms with van der Waals surface area (Å²) in [5, 5.41) is 12.4. The number of hydrogen-bond donors (Lipinski definition) is 1. The zero-order valence-corrected chi connectivity index (χ0v) is 38.8. The molecule has 1 N–H and O–H groups in total. The number of hydrogen-bond acceptors (Lipinski definition) is 3. The molecule has 2 heterocycles. The van der Waals surface area contributed by atoms with Crippen molar-refractivity contribution in [2.45, 2.75) is 92.3 Å². The van der Waals surface area contributed by atoms with E-state index in [1.807, 2.05) is 149 Å². The molecule has 4 heteroatoms. The zero-order valence-electron chi connectivity index (χ0n) is 51.8. The molecule has 0 atom stereocenters. The van der Waals surface area contributed by atoms with E-state index < -0.39 is 83.7 Å². The maximum atomic E-state index is 12.4. The van der Waals surface area contributed by atoms with Gasteiger partial charge in [0.2, 0.25) is 0 Å². The Hall–Kier alpha value is -7.04. The summed E-state index contributed by atoms with van der Waals surface area (Å²) in [6.45, 7) is 12.8. The quantitative estimate of drug-likeness (QED) is 0.174. The van der Waals surface area contributed by atoms with Crippen LogP contribution in [0.5, 0.6) is 5.75 Å². The van der Waals surface area contributed by atoms with Crippen LogP contribution in [0.25, 0.3) is 83.9 Å². The lowest BCUT2D eigenvalue weighted by Crippen LogP contribution is -2.12. The standard InChI is InChI=1S/C62H61N3O/c1-39-23-25-41(26-24-39)44-31-32-63-54(37-44)46-34-45(35-48(36-46)61(6,7)8)49-19-16-22-55-57(49)64-59(50-20-15-21-53(58(50)66)62(9,10)11)65(55)56-33-40(2)51(38-52(56)42-17-13-12-14-18-42)43-27-29-47(30-28-43)60(3,4)5/h12-38,66H,1-11H3/i1D3,2D3,23D,24D,25D,26D,31D,32D,37D. The smallest absolute Gasteiger partial charge is 0.149 e. The number of aromatic hydroxyl groups is 1. The largest absolute Gasteiger partial charge is 0.507 e. The van der Waals surface area contributed by atoms with Crippen LogP contribution >= 0.6 is 0 Å². The third kappa shape index (κ3) is 8.49. The van der Waals surface area contributed by atoms with Crippen molar-refractivity contribution < 1.29 is 22.9 Å². The molecule has 0 fully saturated rings. The number of rotatable bonds is 7. The predicted octanol–water partition coefficient (Wildman–Crippen LogP) is 16.6. The summed E-state index contributed by atoms with van der Waals surface area (Å²) < 4.78 is 116. The minimum Gasteiger partial charge on any atom is -0.507 e. The molecule has 2 aromatic heterocycles. The van der Waals surface area contributed by atoms with Crippen LogP contribution in [-0.4, -0.2) is 19.6 Å².